The summed E-state index contributed by atoms with van der Waals surface area (Å²) in [4.78, 5) is 45.1. The Labute approximate surface area is 173 Å². The molecule has 1 aliphatic rings. The number of hydrogen-bond donors (Lipinski definition) is 2. The molecule has 3 amide bonds. The van der Waals surface area contributed by atoms with Crippen LogP contribution in [0.3, 0.4) is 0 Å². The summed E-state index contributed by atoms with van der Waals surface area (Å²) in [5, 5.41) is 5.63. The lowest BCUT2D eigenvalue weighted by Crippen LogP contribution is -2.48. The smallest absolute Gasteiger partial charge is 0.350 e. The molecule has 1 aliphatic carbocycles. The van der Waals surface area contributed by atoms with Gasteiger partial charge in [-0.2, -0.15) is 0 Å². The Kier molecular flexibility index (Phi) is 6.92. The van der Waals surface area contributed by atoms with Crippen molar-refractivity contribution < 1.29 is 19.1 Å². The van der Waals surface area contributed by atoms with Crippen LogP contribution in [-0.4, -0.2) is 40.5 Å². The molecule has 8 nitrogen and oxygen atoms in total. The number of carbonyl (C=O) groups excluding carboxylic acids is 3. The number of aromatic nitrogens is 2. The van der Waals surface area contributed by atoms with Crippen molar-refractivity contribution in [1.29, 1.82) is 0 Å². The molecule has 0 aromatic carbocycles. The summed E-state index contributed by atoms with van der Waals surface area (Å²) in [5.41, 5.74) is 1.16. The maximum absolute atomic E-state index is 12.3. The van der Waals surface area contributed by atoms with Gasteiger partial charge in [0.05, 0.1) is 11.4 Å². The number of carbonyl (C=O) groups is 3. The summed E-state index contributed by atoms with van der Waals surface area (Å²) in [6, 6.07) is 4.93. The molecule has 0 unspecified atom stereocenters. The third kappa shape index (κ3) is 5.60. The highest BCUT2D eigenvalue weighted by Crippen LogP contribution is 2.27. The van der Waals surface area contributed by atoms with Gasteiger partial charge in [0.1, 0.15) is 9.88 Å². The van der Waals surface area contributed by atoms with Crippen LogP contribution < -0.4 is 10.6 Å². The molecule has 2 heterocycles. The predicted octanol–water partition coefficient (Wildman–Crippen LogP) is 3.07. The number of nitrogens with zero attached hydrogens (tertiary/aromatic N) is 2. The Bertz CT molecular complexity index is 884. The fourth-order valence-corrected chi connectivity index (χ4v) is 4.22. The van der Waals surface area contributed by atoms with Crippen LogP contribution in [0.5, 0.6) is 0 Å². The van der Waals surface area contributed by atoms with Crippen LogP contribution in [0.15, 0.2) is 24.4 Å². The minimum Gasteiger partial charge on any atom is -0.451 e. The van der Waals surface area contributed by atoms with Crippen LogP contribution in [0.2, 0.25) is 0 Å². The van der Waals surface area contributed by atoms with Crippen LogP contribution in [0.4, 0.5) is 4.79 Å². The number of esters is 1. The Morgan fingerprint density at radius 2 is 2.03 bits per heavy atom. The molecule has 3 rings (SSSR count). The van der Waals surface area contributed by atoms with Crippen molar-refractivity contribution in [2.75, 3.05) is 6.61 Å². The third-order valence-corrected chi connectivity index (χ3v) is 6.04. The van der Waals surface area contributed by atoms with E-state index in [0.29, 0.717) is 27.2 Å². The summed E-state index contributed by atoms with van der Waals surface area (Å²) in [6.45, 7) is 3.24. The molecule has 0 bridgehead atoms. The highest BCUT2D eigenvalue weighted by atomic mass is 32.1. The van der Waals surface area contributed by atoms with Gasteiger partial charge in [-0.15, -0.1) is 11.3 Å². The fourth-order valence-electron chi connectivity index (χ4n) is 3.28. The normalized spacial score (nSPS) is 18.7. The van der Waals surface area contributed by atoms with Gasteiger partial charge in [-0.25, -0.2) is 14.6 Å². The van der Waals surface area contributed by atoms with Crippen molar-refractivity contribution in [1.82, 2.24) is 20.6 Å². The molecular weight excluding hydrogens is 392 g/mol. The molecule has 2 N–H and O–H groups in total. The molecule has 1 fully saturated rings. The monoisotopic (exact) mass is 416 g/mol. The second kappa shape index (κ2) is 9.60. The second-order valence-corrected chi connectivity index (χ2v) is 8.11. The number of ether oxygens (including phenoxy) is 1. The average Bonchev–Trinajstić information content (AvgIpc) is 3.10. The SMILES string of the molecule is Cc1nc(-c2ccccn2)sc1C(=O)OCC(=O)NC(=O)N[C@H]1CCCC[C@@H]1C. The number of nitrogens with one attached hydrogen (secondary N) is 2. The van der Waals surface area contributed by atoms with Gasteiger partial charge in [-0.1, -0.05) is 25.8 Å². The first kappa shape index (κ1) is 20.9. The first-order valence-electron chi connectivity index (χ1n) is 9.60. The Balaban J connectivity index is 1.49. The molecular formula is C20H24N4O4S. The number of aryl methyl sites for hydroxylation is 1. The van der Waals surface area contributed by atoms with Crippen molar-refractivity contribution in [3.63, 3.8) is 0 Å². The zero-order valence-corrected chi connectivity index (χ0v) is 17.3. The molecule has 2 atom stereocenters. The van der Waals surface area contributed by atoms with E-state index < -0.39 is 24.5 Å². The lowest BCUT2D eigenvalue weighted by molar-refractivity contribution is -0.123. The van der Waals surface area contributed by atoms with E-state index in [0.717, 1.165) is 37.0 Å². The van der Waals surface area contributed by atoms with E-state index in [2.05, 4.69) is 27.5 Å². The van der Waals surface area contributed by atoms with E-state index in [1.54, 1.807) is 25.3 Å². The highest BCUT2D eigenvalue weighted by molar-refractivity contribution is 7.17. The van der Waals surface area contributed by atoms with Crippen LogP contribution in [-0.2, 0) is 9.53 Å². The van der Waals surface area contributed by atoms with Gasteiger partial charge in [-0.05, 0) is 37.8 Å². The molecule has 0 saturated heterocycles. The van der Waals surface area contributed by atoms with Gasteiger partial charge >= 0.3 is 12.0 Å². The van der Waals surface area contributed by atoms with Crippen molar-refractivity contribution in [3.8, 4) is 10.7 Å². The molecule has 29 heavy (non-hydrogen) atoms. The van der Waals surface area contributed by atoms with Crippen LogP contribution in [0.1, 0.15) is 48.0 Å². The third-order valence-electron chi connectivity index (χ3n) is 4.88. The Morgan fingerprint density at radius 1 is 1.24 bits per heavy atom. The molecule has 9 heteroatoms. The fraction of sp³-hybridized carbons (Fsp3) is 0.450. The number of thiazole rings is 1. The lowest BCUT2D eigenvalue weighted by atomic mass is 9.86. The lowest BCUT2D eigenvalue weighted by Gasteiger charge is -2.29. The van der Waals surface area contributed by atoms with E-state index in [1.165, 1.54) is 0 Å². The summed E-state index contributed by atoms with van der Waals surface area (Å²) < 4.78 is 5.05. The van der Waals surface area contributed by atoms with Gasteiger partial charge in [0.25, 0.3) is 5.91 Å². The van der Waals surface area contributed by atoms with E-state index >= 15 is 0 Å². The summed E-state index contributed by atoms with van der Waals surface area (Å²) in [6.07, 6.45) is 5.84. The van der Waals surface area contributed by atoms with E-state index in [9.17, 15) is 14.4 Å². The van der Waals surface area contributed by atoms with Crippen molar-refractivity contribution in [2.24, 2.45) is 5.92 Å². The van der Waals surface area contributed by atoms with E-state index in [-0.39, 0.29) is 6.04 Å². The molecule has 0 radical (unpaired) electrons. The second-order valence-electron chi connectivity index (χ2n) is 7.11. The maximum atomic E-state index is 12.3. The zero-order chi connectivity index (χ0) is 20.8. The summed E-state index contributed by atoms with van der Waals surface area (Å²) in [5.74, 6) is -0.949. The summed E-state index contributed by atoms with van der Waals surface area (Å²) in [7, 11) is 0. The van der Waals surface area contributed by atoms with E-state index in [4.69, 9.17) is 4.74 Å². The molecule has 1 saturated carbocycles. The van der Waals surface area contributed by atoms with Crippen LogP contribution in [0.25, 0.3) is 10.7 Å². The first-order valence-corrected chi connectivity index (χ1v) is 10.4. The van der Waals surface area contributed by atoms with Gasteiger partial charge < -0.3 is 10.1 Å². The predicted molar refractivity (Wildman–Crippen MR) is 108 cm³/mol. The van der Waals surface area contributed by atoms with E-state index in [1.807, 2.05) is 6.07 Å². The molecule has 2 aromatic heterocycles. The molecule has 0 aliphatic heterocycles. The van der Waals surface area contributed by atoms with Crippen molar-refractivity contribution >= 4 is 29.2 Å². The van der Waals surface area contributed by atoms with Crippen LogP contribution in [0, 0.1) is 12.8 Å². The highest BCUT2D eigenvalue weighted by Gasteiger charge is 2.24. The minimum absolute atomic E-state index is 0.0592. The number of hydrogen-bond acceptors (Lipinski definition) is 7. The number of urea groups is 1. The number of rotatable bonds is 5. The summed E-state index contributed by atoms with van der Waals surface area (Å²) >= 11 is 1.15. The Hall–Kier alpha value is -2.81. The topological polar surface area (TPSA) is 110 Å². The van der Waals surface area contributed by atoms with Gasteiger partial charge in [-0.3, -0.25) is 15.1 Å². The quantitative estimate of drug-likeness (QED) is 0.725. The standard InChI is InChI=1S/C20H24N4O4S/c1-12-7-3-4-8-14(12)23-20(27)24-16(25)11-28-19(26)17-13(2)22-18(29-17)15-9-5-6-10-21-15/h5-6,9-10,12,14H,3-4,7-8,11H2,1-2H3,(H2,23,24,25,27)/t12-,14-/m0/s1. The first-order chi connectivity index (χ1) is 13.9. The molecule has 2 aromatic rings. The average molecular weight is 417 g/mol. The van der Waals surface area contributed by atoms with Crippen molar-refractivity contribution in [3.05, 3.63) is 35.0 Å². The number of pyridine rings is 1. The van der Waals surface area contributed by atoms with Gasteiger partial charge in [0.15, 0.2) is 6.61 Å². The number of amides is 3. The van der Waals surface area contributed by atoms with Gasteiger partial charge in [0, 0.05) is 12.2 Å². The Morgan fingerprint density at radius 3 is 2.76 bits per heavy atom. The maximum Gasteiger partial charge on any atom is 0.350 e. The van der Waals surface area contributed by atoms with Crippen molar-refractivity contribution in [2.45, 2.75) is 45.6 Å². The zero-order valence-electron chi connectivity index (χ0n) is 16.4. The molecule has 154 valence electrons. The minimum atomic E-state index is -0.675. The van der Waals surface area contributed by atoms with Crippen LogP contribution >= 0.6 is 11.3 Å². The molecule has 0 spiro atoms. The largest absolute Gasteiger partial charge is 0.451 e. The van der Waals surface area contributed by atoms with Gasteiger partial charge in [0.2, 0.25) is 0 Å². The number of imide groups is 1.